The molecule has 1 amide bonds. The highest BCUT2D eigenvalue weighted by Crippen LogP contribution is 2.29. The van der Waals surface area contributed by atoms with Gasteiger partial charge < -0.3 is 23.8 Å². The van der Waals surface area contributed by atoms with Crippen molar-refractivity contribution in [3.05, 3.63) is 65.6 Å². The van der Waals surface area contributed by atoms with Crippen LogP contribution in [0.5, 0.6) is 11.5 Å². The minimum absolute atomic E-state index is 0.244. The van der Waals surface area contributed by atoms with E-state index in [1.54, 1.807) is 39.5 Å². The highest BCUT2D eigenvalue weighted by molar-refractivity contribution is 5.95. The Hall–Kier alpha value is -3.22. The normalized spacial score (nSPS) is 11.8. The Morgan fingerprint density at radius 2 is 1.92 bits per heavy atom. The van der Waals surface area contributed by atoms with Crippen molar-refractivity contribution < 1.29 is 18.7 Å². The third kappa shape index (κ3) is 3.42. The van der Waals surface area contributed by atoms with Crippen LogP contribution in [0.1, 0.15) is 33.5 Å². The first kappa shape index (κ1) is 17.6. The predicted octanol–water partition coefficient (Wildman–Crippen LogP) is 2.86. The molecule has 26 heavy (non-hydrogen) atoms. The molecule has 1 unspecified atom stereocenters. The second-order valence-corrected chi connectivity index (χ2v) is 5.84. The van der Waals surface area contributed by atoms with Gasteiger partial charge in [-0.1, -0.05) is 0 Å². The molecule has 0 aliphatic rings. The fraction of sp³-hybridized carbons (Fsp3) is 0.263. The highest BCUT2D eigenvalue weighted by atomic mass is 16.5. The van der Waals surface area contributed by atoms with E-state index in [1.165, 1.54) is 6.26 Å². The topological polar surface area (TPSA) is 78.5 Å². The minimum atomic E-state index is -0.485. The second kappa shape index (κ2) is 7.35. The minimum Gasteiger partial charge on any atom is -0.497 e. The van der Waals surface area contributed by atoms with Crippen LogP contribution in [0.25, 0.3) is 0 Å². The van der Waals surface area contributed by atoms with Gasteiger partial charge in [0.2, 0.25) is 0 Å². The Morgan fingerprint density at radius 3 is 2.42 bits per heavy atom. The summed E-state index contributed by atoms with van der Waals surface area (Å²) in [6.07, 6.45) is 5.01. The Bertz CT molecular complexity index is 891. The van der Waals surface area contributed by atoms with E-state index in [-0.39, 0.29) is 5.91 Å². The summed E-state index contributed by atoms with van der Waals surface area (Å²) in [7, 11) is 5.05. The number of nitrogens with zero attached hydrogens (tertiary/aromatic N) is 2. The zero-order valence-electron chi connectivity index (χ0n) is 15.1. The summed E-state index contributed by atoms with van der Waals surface area (Å²) >= 11 is 0. The van der Waals surface area contributed by atoms with Gasteiger partial charge in [-0.15, -0.1) is 0 Å². The van der Waals surface area contributed by atoms with Gasteiger partial charge >= 0.3 is 0 Å². The van der Waals surface area contributed by atoms with Gasteiger partial charge in [0.1, 0.15) is 29.1 Å². The summed E-state index contributed by atoms with van der Waals surface area (Å²) in [6.45, 7) is 1.75. The number of hydrogen-bond acceptors (Lipinski definition) is 5. The number of methoxy groups -OCH3 is 2. The maximum Gasteiger partial charge on any atom is 0.255 e. The van der Waals surface area contributed by atoms with Crippen LogP contribution in [0.3, 0.4) is 0 Å². The van der Waals surface area contributed by atoms with E-state index in [0.717, 1.165) is 5.56 Å². The van der Waals surface area contributed by atoms with Gasteiger partial charge in [0.15, 0.2) is 0 Å². The van der Waals surface area contributed by atoms with Crippen LogP contribution in [0.15, 0.2) is 47.3 Å². The molecule has 2 heterocycles. The molecule has 7 heteroatoms. The average Bonchev–Trinajstić information content (AvgIpc) is 3.27. The molecule has 3 rings (SSSR count). The Labute approximate surface area is 151 Å². The molecule has 0 radical (unpaired) electrons. The summed E-state index contributed by atoms with van der Waals surface area (Å²) in [5.41, 5.74) is 1.28. The number of furan rings is 1. The van der Waals surface area contributed by atoms with Crippen molar-refractivity contribution >= 4 is 5.91 Å². The van der Waals surface area contributed by atoms with Crippen LogP contribution < -0.4 is 14.8 Å². The lowest BCUT2D eigenvalue weighted by atomic mass is 10.0. The van der Waals surface area contributed by atoms with Crippen LogP contribution in [0.2, 0.25) is 0 Å². The molecule has 0 fully saturated rings. The van der Waals surface area contributed by atoms with Crippen molar-refractivity contribution in [2.75, 3.05) is 14.2 Å². The predicted molar refractivity (Wildman–Crippen MR) is 95.5 cm³/mol. The lowest BCUT2D eigenvalue weighted by molar-refractivity contribution is 0.0939. The van der Waals surface area contributed by atoms with Crippen LogP contribution in [0, 0.1) is 6.92 Å². The summed E-state index contributed by atoms with van der Waals surface area (Å²) in [5.74, 6) is 2.27. The van der Waals surface area contributed by atoms with Crippen molar-refractivity contribution in [2.45, 2.75) is 13.0 Å². The lowest BCUT2D eigenvalue weighted by Gasteiger charge is -2.20. The molecule has 1 aromatic carbocycles. The maximum absolute atomic E-state index is 12.8. The van der Waals surface area contributed by atoms with Crippen LogP contribution >= 0.6 is 0 Å². The van der Waals surface area contributed by atoms with E-state index in [2.05, 4.69) is 10.3 Å². The monoisotopic (exact) mass is 355 g/mol. The number of aromatic nitrogens is 2. The summed E-state index contributed by atoms with van der Waals surface area (Å²) in [5, 5.41) is 3.03. The van der Waals surface area contributed by atoms with E-state index in [1.807, 2.05) is 29.9 Å². The zero-order chi connectivity index (χ0) is 18.7. The summed E-state index contributed by atoms with van der Waals surface area (Å²) in [6, 6.07) is 6.64. The average molecular weight is 355 g/mol. The molecule has 3 aromatic rings. The molecule has 1 atom stereocenters. The van der Waals surface area contributed by atoms with Crippen LogP contribution in [-0.2, 0) is 7.05 Å². The number of amides is 1. The second-order valence-electron chi connectivity index (χ2n) is 5.84. The summed E-state index contributed by atoms with van der Waals surface area (Å²) in [4.78, 5) is 17.2. The molecular weight excluding hydrogens is 334 g/mol. The van der Waals surface area contributed by atoms with E-state index in [0.29, 0.717) is 28.6 Å². The number of carbonyl (C=O) groups is 1. The summed E-state index contributed by atoms with van der Waals surface area (Å²) < 4.78 is 17.8. The molecule has 2 aromatic heterocycles. The molecule has 0 saturated heterocycles. The number of benzene rings is 1. The molecule has 0 saturated carbocycles. The lowest BCUT2D eigenvalue weighted by Crippen LogP contribution is -2.31. The smallest absolute Gasteiger partial charge is 0.255 e. The number of hydrogen-bond donors (Lipinski definition) is 1. The van der Waals surface area contributed by atoms with E-state index in [4.69, 9.17) is 13.9 Å². The maximum atomic E-state index is 12.8. The van der Waals surface area contributed by atoms with Gasteiger partial charge in [0.25, 0.3) is 5.91 Å². The van der Waals surface area contributed by atoms with Crippen LogP contribution in [0.4, 0.5) is 0 Å². The molecular formula is C19H21N3O4. The van der Waals surface area contributed by atoms with Crippen molar-refractivity contribution in [3.63, 3.8) is 0 Å². The van der Waals surface area contributed by atoms with Gasteiger partial charge in [0.05, 0.1) is 26.0 Å². The number of ether oxygens (including phenoxy) is 2. The van der Waals surface area contributed by atoms with E-state index in [9.17, 15) is 4.79 Å². The fourth-order valence-corrected chi connectivity index (χ4v) is 2.78. The van der Waals surface area contributed by atoms with Gasteiger partial charge in [-0.25, -0.2) is 4.98 Å². The van der Waals surface area contributed by atoms with Crippen molar-refractivity contribution in [3.8, 4) is 11.5 Å². The van der Waals surface area contributed by atoms with Gasteiger partial charge in [0, 0.05) is 25.5 Å². The molecule has 0 spiro atoms. The largest absolute Gasteiger partial charge is 0.497 e. The first-order valence-corrected chi connectivity index (χ1v) is 8.08. The van der Waals surface area contributed by atoms with Crippen molar-refractivity contribution in [1.82, 2.24) is 14.9 Å². The van der Waals surface area contributed by atoms with E-state index < -0.39 is 6.04 Å². The fourth-order valence-electron chi connectivity index (χ4n) is 2.78. The van der Waals surface area contributed by atoms with Crippen molar-refractivity contribution in [2.24, 2.45) is 7.05 Å². The molecule has 7 nitrogen and oxygen atoms in total. The number of carbonyl (C=O) groups excluding carboxylic acids is 1. The van der Waals surface area contributed by atoms with Crippen LogP contribution in [-0.4, -0.2) is 29.7 Å². The third-order valence-corrected chi connectivity index (χ3v) is 4.20. The quantitative estimate of drug-likeness (QED) is 0.736. The SMILES string of the molecule is COc1cc(OC)cc(C(NC(=O)c2ccoc2C)c2nccn2C)c1. The Morgan fingerprint density at radius 1 is 1.23 bits per heavy atom. The number of aryl methyl sites for hydroxylation is 2. The standard InChI is InChI=1S/C19H21N3O4/c1-12-16(5-8-26-12)19(23)21-17(18-20-6-7-22(18)2)13-9-14(24-3)11-15(10-13)25-4/h5-11,17H,1-4H3,(H,21,23). The number of rotatable bonds is 6. The molecule has 1 N–H and O–H groups in total. The van der Waals surface area contributed by atoms with Crippen molar-refractivity contribution in [1.29, 1.82) is 0 Å². The first-order valence-electron chi connectivity index (χ1n) is 8.08. The molecule has 0 aliphatic heterocycles. The zero-order valence-corrected chi connectivity index (χ0v) is 15.1. The van der Waals surface area contributed by atoms with Gasteiger partial charge in [-0.2, -0.15) is 0 Å². The van der Waals surface area contributed by atoms with Gasteiger partial charge in [-0.05, 0) is 30.7 Å². The first-order chi connectivity index (χ1) is 12.5. The highest BCUT2D eigenvalue weighted by Gasteiger charge is 2.24. The number of nitrogens with one attached hydrogen (secondary N) is 1. The Balaban J connectivity index is 2.03. The third-order valence-electron chi connectivity index (χ3n) is 4.20. The molecule has 0 aliphatic carbocycles. The number of imidazole rings is 1. The molecule has 136 valence electrons. The van der Waals surface area contributed by atoms with E-state index >= 15 is 0 Å². The van der Waals surface area contributed by atoms with Gasteiger partial charge in [-0.3, -0.25) is 4.79 Å². The Kier molecular flexibility index (Phi) is 4.97. The molecule has 0 bridgehead atoms.